The lowest BCUT2D eigenvalue weighted by molar-refractivity contribution is -0.149. The molecule has 1 saturated carbocycles. The van der Waals surface area contributed by atoms with Gasteiger partial charge in [-0.15, -0.1) is 0 Å². The van der Waals surface area contributed by atoms with Gasteiger partial charge < -0.3 is 10.0 Å². The SMILES string of the molecule is CN1C(=O)c2c(O)c(=O)ccn2N2C(c3ccccc3C3CC3)C(CC(F)(F)F)CCC12. The molecular formula is C23H24F3N3O3. The van der Waals surface area contributed by atoms with E-state index in [-0.39, 0.29) is 5.69 Å². The lowest BCUT2D eigenvalue weighted by Gasteiger charge is -2.54. The fourth-order valence-electron chi connectivity index (χ4n) is 5.37. The Kier molecular flexibility index (Phi) is 4.76. The van der Waals surface area contributed by atoms with Crippen LogP contribution in [0.1, 0.15) is 65.7 Å². The molecule has 1 aliphatic carbocycles. The normalized spacial score (nSPS) is 25.5. The molecule has 3 unspecified atom stereocenters. The predicted molar refractivity (Wildman–Crippen MR) is 111 cm³/mol. The number of fused-ring (bicyclic) bond motifs is 3. The summed E-state index contributed by atoms with van der Waals surface area (Å²) < 4.78 is 42.2. The summed E-state index contributed by atoms with van der Waals surface area (Å²) in [4.78, 5) is 26.5. The van der Waals surface area contributed by atoms with Crippen LogP contribution in [-0.2, 0) is 0 Å². The van der Waals surface area contributed by atoms with Crippen LogP contribution in [0, 0.1) is 5.92 Å². The smallest absolute Gasteiger partial charge is 0.389 e. The Bertz CT molecular complexity index is 1130. The van der Waals surface area contributed by atoms with Gasteiger partial charge in [-0.2, -0.15) is 13.2 Å². The number of aromatic nitrogens is 1. The number of carbonyl (C=O) groups is 1. The van der Waals surface area contributed by atoms with E-state index in [4.69, 9.17) is 0 Å². The molecule has 1 saturated heterocycles. The molecular weight excluding hydrogens is 423 g/mol. The van der Waals surface area contributed by atoms with Crippen LogP contribution in [0.5, 0.6) is 5.75 Å². The Hall–Kier alpha value is -2.97. The molecule has 0 bridgehead atoms. The molecule has 1 N–H and O–H groups in total. The van der Waals surface area contributed by atoms with E-state index in [1.807, 2.05) is 24.3 Å². The lowest BCUT2D eigenvalue weighted by Crippen LogP contribution is -2.64. The molecule has 5 rings (SSSR count). The third-order valence-electron chi connectivity index (χ3n) is 6.93. The number of nitrogens with zero attached hydrogens (tertiary/aromatic N) is 3. The Labute approximate surface area is 182 Å². The van der Waals surface area contributed by atoms with Gasteiger partial charge in [-0.3, -0.25) is 19.3 Å². The minimum absolute atomic E-state index is 0.210. The molecule has 6 nitrogen and oxygen atoms in total. The molecule has 1 amide bonds. The van der Waals surface area contributed by atoms with E-state index in [2.05, 4.69) is 0 Å². The minimum atomic E-state index is -4.34. The van der Waals surface area contributed by atoms with E-state index in [1.54, 1.807) is 12.1 Å². The highest BCUT2D eigenvalue weighted by Gasteiger charge is 2.49. The average Bonchev–Trinajstić information content (AvgIpc) is 3.58. The minimum Gasteiger partial charge on any atom is -0.502 e. The van der Waals surface area contributed by atoms with E-state index in [0.717, 1.165) is 30.0 Å². The first-order valence-corrected chi connectivity index (χ1v) is 10.8. The van der Waals surface area contributed by atoms with Crippen LogP contribution in [0.25, 0.3) is 0 Å². The summed E-state index contributed by atoms with van der Waals surface area (Å²) in [6, 6.07) is 8.07. The number of alkyl halides is 3. The van der Waals surface area contributed by atoms with E-state index in [9.17, 15) is 27.9 Å². The third kappa shape index (κ3) is 3.34. The van der Waals surface area contributed by atoms with Crippen LogP contribution in [0.2, 0.25) is 0 Å². The molecule has 2 fully saturated rings. The molecule has 2 aliphatic heterocycles. The number of piperidine rings is 1. The predicted octanol–water partition coefficient (Wildman–Crippen LogP) is 3.88. The highest BCUT2D eigenvalue weighted by atomic mass is 19.4. The van der Waals surface area contributed by atoms with E-state index < -0.39 is 47.8 Å². The van der Waals surface area contributed by atoms with Gasteiger partial charge in [0.05, 0.1) is 6.04 Å². The summed E-state index contributed by atoms with van der Waals surface area (Å²) >= 11 is 0. The Morgan fingerprint density at radius 1 is 1.03 bits per heavy atom. The summed E-state index contributed by atoms with van der Waals surface area (Å²) in [5.41, 5.74) is 0.950. The summed E-state index contributed by atoms with van der Waals surface area (Å²) in [7, 11) is 1.56. The quantitative estimate of drug-likeness (QED) is 0.776. The number of hydrogen-bond acceptors (Lipinski definition) is 4. The van der Waals surface area contributed by atoms with Crippen molar-refractivity contribution in [2.24, 2.45) is 5.92 Å². The number of rotatable bonds is 3. The van der Waals surface area contributed by atoms with Crippen molar-refractivity contribution in [2.75, 3.05) is 12.1 Å². The molecule has 1 aromatic carbocycles. The lowest BCUT2D eigenvalue weighted by atomic mass is 9.79. The summed E-state index contributed by atoms with van der Waals surface area (Å²) in [6.45, 7) is 0. The Morgan fingerprint density at radius 2 is 1.72 bits per heavy atom. The van der Waals surface area contributed by atoms with Crippen LogP contribution in [-0.4, -0.2) is 40.0 Å². The van der Waals surface area contributed by atoms with Crippen LogP contribution < -0.4 is 10.4 Å². The van der Waals surface area contributed by atoms with Gasteiger partial charge in [0.25, 0.3) is 5.91 Å². The monoisotopic (exact) mass is 447 g/mol. The van der Waals surface area contributed by atoms with Gasteiger partial charge in [-0.25, -0.2) is 0 Å². The van der Waals surface area contributed by atoms with Gasteiger partial charge in [0.1, 0.15) is 6.17 Å². The molecule has 2 aromatic rings. The van der Waals surface area contributed by atoms with Crippen molar-refractivity contribution in [2.45, 2.75) is 56.4 Å². The molecule has 9 heteroatoms. The van der Waals surface area contributed by atoms with Crippen molar-refractivity contribution in [3.63, 3.8) is 0 Å². The molecule has 1 aromatic heterocycles. The highest BCUT2D eigenvalue weighted by Crippen LogP contribution is 2.50. The summed E-state index contributed by atoms with van der Waals surface area (Å²) in [5, 5.41) is 12.2. The first kappa shape index (κ1) is 20.9. The number of benzene rings is 1. The maximum atomic E-state index is 13.6. The fraction of sp³-hybridized carbons (Fsp3) is 0.478. The maximum Gasteiger partial charge on any atom is 0.389 e. The Balaban J connectivity index is 1.72. The van der Waals surface area contributed by atoms with Gasteiger partial charge in [0.2, 0.25) is 5.43 Å². The first-order chi connectivity index (χ1) is 15.2. The summed E-state index contributed by atoms with van der Waals surface area (Å²) in [6.07, 6.45) is -1.72. The number of pyridine rings is 1. The standard InChI is InChI=1S/C23H24F3N3O3/c1-27-18-9-8-14(12-23(24,25)26)19(16-5-3-2-4-15(16)13-6-7-13)29(18)28-11-10-17(30)21(31)20(28)22(27)32/h2-5,10-11,13-14,18-19,31H,6-9,12H2,1H3. The van der Waals surface area contributed by atoms with Crippen molar-refractivity contribution in [1.29, 1.82) is 0 Å². The second-order valence-electron chi connectivity index (χ2n) is 9.00. The van der Waals surface area contributed by atoms with Crippen molar-refractivity contribution < 1.29 is 23.1 Å². The number of aromatic hydroxyl groups is 1. The highest BCUT2D eigenvalue weighted by molar-refractivity contribution is 5.96. The van der Waals surface area contributed by atoms with Crippen LogP contribution >= 0.6 is 0 Å². The number of halogens is 3. The van der Waals surface area contributed by atoms with Gasteiger partial charge in [0, 0.05) is 25.7 Å². The largest absolute Gasteiger partial charge is 0.502 e. The fourth-order valence-corrected chi connectivity index (χ4v) is 5.37. The molecule has 3 heterocycles. The van der Waals surface area contributed by atoms with Gasteiger partial charge in [0.15, 0.2) is 11.4 Å². The van der Waals surface area contributed by atoms with Crippen molar-refractivity contribution >= 4 is 5.91 Å². The molecule has 3 atom stereocenters. The second kappa shape index (κ2) is 7.28. The molecule has 170 valence electrons. The third-order valence-corrected chi connectivity index (χ3v) is 6.93. The zero-order valence-electron chi connectivity index (χ0n) is 17.5. The van der Waals surface area contributed by atoms with Crippen LogP contribution in [0.3, 0.4) is 0 Å². The topological polar surface area (TPSA) is 65.8 Å². The number of hydrogen-bond donors (Lipinski definition) is 1. The van der Waals surface area contributed by atoms with Gasteiger partial charge in [-0.05, 0) is 48.6 Å². The molecule has 0 radical (unpaired) electrons. The number of carbonyl (C=O) groups excluding carboxylic acids is 1. The maximum absolute atomic E-state index is 13.6. The van der Waals surface area contributed by atoms with E-state index >= 15 is 0 Å². The average molecular weight is 447 g/mol. The van der Waals surface area contributed by atoms with E-state index in [1.165, 1.54) is 15.8 Å². The zero-order valence-corrected chi connectivity index (χ0v) is 17.5. The molecule has 3 aliphatic rings. The van der Waals surface area contributed by atoms with Crippen molar-refractivity contribution in [1.82, 2.24) is 9.58 Å². The van der Waals surface area contributed by atoms with Crippen molar-refractivity contribution in [3.8, 4) is 5.75 Å². The first-order valence-electron chi connectivity index (χ1n) is 10.8. The van der Waals surface area contributed by atoms with Crippen LogP contribution in [0.4, 0.5) is 13.2 Å². The summed E-state index contributed by atoms with van der Waals surface area (Å²) in [5.74, 6) is -1.62. The Morgan fingerprint density at radius 3 is 2.38 bits per heavy atom. The second-order valence-corrected chi connectivity index (χ2v) is 9.00. The van der Waals surface area contributed by atoms with E-state index in [0.29, 0.717) is 18.8 Å². The van der Waals surface area contributed by atoms with Crippen molar-refractivity contribution in [3.05, 3.63) is 63.6 Å². The number of amides is 1. The zero-order chi connectivity index (χ0) is 22.8. The van der Waals surface area contributed by atoms with Crippen LogP contribution in [0.15, 0.2) is 41.3 Å². The van der Waals surface area contributed by atoms with Gasteiger partial charge >= 0.3 is 6.18 Å². The van der Waals surface area contributed by atoms with Gasteiger partial charge in [-0.1, -0.05) is 24.3 Å². The molecule has 32 heavy (non-hydrogen) atoms. The molecule has 0 spiro atoms.